The van der Waals surface area contributed by atoms with E-state index in [-0.39, 0.29) is 47.2 Å². The van der Waals surface area contributed by atoms with Crippen molar-refractivity contribution in [1.29, 1.82) is 0 Å². The first-order valence-corrected chi connectivity index (χ1v) is 21.6. The molecule has 4 aromatic rings. The number of amides is 8. The average molecular weight is 915 g/mol. The summed E-state index contributed by atoms with van der Waals surface area (Å²) in [5, 5.41) is 34.7. The van der Waals surface area contributed by atoms with E-state index in [1.165, 1.54) is 49.0 Å². The van der Waals surface area contributed by atoms with Gasteiger partial charge in [-0.1, -0.05) is 60.7 Å². The quantitative estimate of drug-likeness (QED) is 0.0451. The fourth-order valence-electron chi connectivity index (χ4n) is 6.05. The Labute approximate surface area is 378 Å². The van der Waals surface area contributed by atoms with Gasteiger partial charge in [-0.2, -0.15) is 24.4 Å². The summed E-state index contributed by atoms with van der Waals surface area (Å²) in [6.07, 6.45) is -0.000196. The second-order valence-electron chi connectivity index (χ2n) is 14.4. The molecule has 20 heteroatoms. The molecule has 0 heterocycles. The molecule has 4 aromatic carbocycles. The predicted molar refractivity (Wildman–Crippen MR) is 242 cm³/mol. The van der Waals surface area contributed by atoms with Gasteiger partial charge in [-0.25, -0.2) is 0 Å². The Kier molecular flexibility index (Phi) is 19.0. The van der Waals surface area contributed by atoms with Crippen LogP contribution in [0.15, 0.2) is 97.1 Å². The lowest BCUT2D eigenvalue weighted by molar-refractivity contribution is -0.129. The summed E-state index contributed by atoms with van der Waals surface area (Å²) in [5.74, 6) is -5.23. The molecule has 0 unspecified atom stereocenters. The summed E-state index contributed by atoms with van der Waals surface area (Å²) >= 11 is 5.45. The summed E-state index contributed by atoms with van der Waals surface area (Å²) < 4.78 is 0. The smallest absolute Gasteiger partial charge is 0.252 e. The normalized spacial score (nSPS) is 12.6. The molecule has 0 bridgehead atoms. The first-order chi connectivity index (χ1) is 30.5. The first kappa shape index (κ1) is 49.6. The molecule has 0 aliphatic carbocycles. The van der Waals surface area contributed by atoms with E-state index in [9.17, 15) is 48.6 Å². The maximum absolute atomic E-state index is 13.7. The van der Waals surface area contributed by atoms with Crippen LogP contribution in [0, 0.1) is 0 Å². The van der Waals surface area contributed by atoms with Crippen molar-refractivity contribution >= 4 is 71.6 Å². The lowest BCUT2D eigenvalue weighted by Gasteiger charge is -2.21. The zero-order chi connectivity index (χ0) is 46.8. The van der Waals surface area contributed by atoms with Gasteiger partial charge >= 0.3 is 0 Å². The van der Waals surface area contributed by atoms with Crippen LogP contribution >= 0.6 is 24.4 Å². The largest absolute Gasteiger partial charge is 0.508 e. The molecule has 0 spiro atoms. The van der Waals surface area contributed by atoms with Gasteiger partial charge < -0.3 is 53.6 Å². The fraction of sp³-hybridized carbons (Fsp3) is 0.273. The summed E-state index contributed by atoms with van der Waals surface area (Å²) in [5.41, 5.74) is 13.7. The minimum atomic E-state index is -1.19. The Morgan fingerprint density at radius 2 is 1.02 bits per heavy atom. The number of hydrogen-bond donors (Lipinski definition) is 11. The number of phenolic OH excluding ortho intramolecular Hbond substituents is 2. The van der Waals surface area contributed by atoms with Crippen LogP contribution < -0.4 is 43.4 Å². The van der Waals surface area contributed by atoms with Gasteiger partial charge in [-0.15, -0.1) is 0 Å². The molecule has 12 N–H and O–H groups in total. The van der Waals surface area contributed by atoms with Crippen LogP contribution in [-0.2, 0) is 53.1 Å². The van der Waals surface area contributed by atoms with Crippen molar-refractivity contribution in [3.8, 4) is 11.5 Å². The number of thioether (sulfide) groups is 1. The van der Waals surface area contributed by atoms with Gasteiger partial charge in [0.05, 0.1) is 13.1 Å². The van der Waals surface area contributed by atoms with E-state index >= 15 is 0 Å². The average Bonchev–Trinajstić information content (AvgIpc) is 3.27. The molecule has 0 radical (unpaired) electrons. The third-order valence-electron chi connectivity index (χ3n) is 9.56. The van der Waals surface area contributed by atoms with Gasteiger partial charge in [-0.05, 0) is 65.6 Å². The summed E-state index contributed by atoms with van der Waals surface area (Å²) in [6, 6.07) is 20.8. The van der Waals surface area contributed by atoms with Gasteiger partial charge in [0.1, 0.15) is 35.7 Å². The van der Waals surface area contributed by atoms with E-state index in [1.807, 2.05) is 0 Å². The standard InChI is InChI=1S/C44H50N8O10S2/c1-25(39(45)57)49-37(55)20-47-43(61)35(19-27-12-16-31(54)17-13-27)52-42(60)33-9-5-3-7-29(33)23-64-24-36(40(46)58)50-38(56)21-48-44(62)34(18-26-10-14-30(53)15-11-26)51-41(59)32-8-4-2-6-28(32)22-63/h2-17,25,34-36,53-54,63H,18-24H2,1H3,(H2,45,57)(H2,46,58)(H,47,61)(H,48,62)(H,49,55)(H,50,56)(H,51,59)(H,52,60)/t25-,34-,35-,36-/m0/s1. The molecule has 0 aliphatic rings. The Hall–Kier alpha value is -7.06. The van der Waals surface area contributed by atoms with Crippen molar-refractivity contribution in [2.45, 2.75) is 55.4 Å². The number of nitrogens with two attached hydrogens (primary N) is 2. The summed E-state index contributed by atoms with van der Waals surface area (Å²) in [7, 11) is 0. The molecule has 18 nitrogen and oxygen atoms in total. The van der Waals surface area contributed by atoms with Crippen LogP contribution in [0.1, 0.15) is 49.9 Å². The topological polar surface area (TPSA) is 301 Å². The molecule has 8 amide bonds. The number of primary amides is 2. The molecule has 4 rings (SSSR count). The molecule has 0 saturated carbocycles. The molecule has 4 atom stereocenters. The number of rotatable bonds is 23. The van der Waals surface area contributed by atoms with E-state index in [4.69, 9.17) is 11.5 Å². The molecular weight excluding hydrogens is 865 g/mol. The van der Waals surface area contributed by atoms with Crippen LogP contribution in [0.3, 0.4) is 0 Å². The van der Waals surface area contributed by atoms with E-state index < -0.39 is 84.5 Å². The second-order valence-corrected chi connectivity index (χ2v) is 15.8. The molecule has 64 heavy (non-hydrogen) atoms. The van der Waals surface area contributed by atoms with Crippen molar-refractivity contribution in [3.05, 3.63) is 130 Å². The highest BCUT2D eigenvalue weighted by molar-refractivity contribution is 7.98. The highest BCUT2D eigenvalue weighted by Gasteiger charge is 2.27. The van der Waals surface area contributed by atoms with E-state index in [1.54, 1.807) is 66.7 Å². The Morgan fingerprint density at radius 1 is 0.578 bits per heavy atom. The van der Waals surface area contributed by atoms with E-state index in [2.05, 4.69) is 44.5 Å². The number of carbonyl (C=O) groups excluding carboxylic acids is 8. The first-order valence-electron chi connectivity index (χ1n) is 19.8. The number of phenols is 2. The maximum atomic E-state index is 13.7. The van der Waals surface area contributed by atoms with Crippen LogP contribution in [0.2, 0.25) is 0 Å². The minimum Gasteiger partial charge on any atom is -0.508 e. The van der Waals surface area contributed by atoms with Crippen LogP contribution in [0.4, 0.5) is 0 Å². The van der Waals surface area contributed by atoms with E-state index in [0.717, 1.165) is 0 Å². The number of hydrogen-bond acceptors (Lipinski definition) is 12. The molecule has 338 valence electrons. The molecular formula is C44H50N8O10S2. The Morgan fingerprint density at radius 3 is 1.47 bits per heavy atom. The van der Waals surface area contributed by atoms with Crippen LogP contribution in [-0.4, -0.2) is 100 Å². The number of benzene rings is 4. The highest BCUT2D eigenvalue weighted by Crippen LogP contribution is 2.19. The van der Waals surface area contributed by atoms with Gasteiger partial charge in [0.15, 0.2) is 0 Å². The zero-order valence-electron chi connectivity index (χ0n) is 34.7. The van der Waals surface area contributed by atoms with Crippen molar-refractivity contribution in [2.75, 3.05) is 18.8 Å². The molecule has 0 fully saturated rings. The Balaban J connectivity index is 1.37. The summed E-state index contributed by atoms with van der Waals surface area (Å²) in [4.78, 5) is 103. The fourth-order valence-corrected chi connectivity index (χ4v) is 7.39. The monoisotopic (exact) mass is 914 g/mol. The van der Waals surface area contributed by atoms with Crippen molar-refractivity contribution in [1.82, 2.24) is 31.9 Å². The third kappa shape index (κ3) is 15.7. The van der Waals surface area contributed by atoms with Gasteiger partial charge in [0.2, 0.25) is 35.4 Å². The Bertz CT molecular complexity index is 2310. The maximum Gasteiger partial charge on any atom is 0.252 e. The van der Waals surface area contributed by atoms with Gasteiger partial charge in [0, 0.05) is 41.2 Å². The molecule has 0 aliphatic heterocycles. The van der Waals surface area contributed by atoms with Crippen molar-refractivity contribution in [2.24, 2.45) is 11.5 Å². The third-order valence-corrected chi connectivity index (χ3v) is 11.0. The van der Waals surface area contributed by atoms with Gasteiger partial charge in [-0.3, -0.25) is 38.4 Å². The number of nitrogens with one attached hydrogen (secondary N) is 6. The summed E-state index contributed by atoms with van der Waals surface area (Å²) in [6.45, 7) is 0.303. The lowest BCUT2D eigenvalue weighted by atomic mass is 10.0. The van der Waals surface area contributed by atoms with Crippen molar-refractivity contribution in [3.63, 3.8) is 0 Å². The van der Waals surface area contributed by atoms with Crippen LogP contribution in [0.5, 0.6) is 11.5 Å². The minimum absolute atomic E-state index is 0.00781. The SMILES string of the molecule is C[C@H](NC(=O)CNC(=O)[C@H](Cc1ccc(O)cc1)NC(=O)c1ccccc1CSC[C@H](NC(=O)CNC(=O)[C@H](Cc1ccc(O)cc1)NC(=O)c1ccccc1CS)C(N)=O)C(N)=O. The van der Waals surface area contributed by atoms with E-state index in [0.29, 0.717) is 27.8 Å². The lowest BCUT2D eigenvalue weighted by Crippen LogP contribution is -2.52. The highest BCUT2D eigenvalue weighted by atomic mass is 32.2. The number of carbonyl (C=O) groups is 8. The van der Waals surface area contributed by atoms with Gasteiger partial charge in [0.25, 0.3) is 11.8 Å². The molecule has 0 saturated heterocycles. The van der Waals surface area contributed by atoms with Crippen molar-refractivity contribution < 1.29 is 48.6 Å². The van der Waals surface area contributed by atoms with Crippen LogP contribution in [0.25, 0.3) is 0 Å². The second kappa shape index (κ2) is 24.5. The predicted octanol–water partition coefficient (Wildman–Crippen LogP) is 0.336. The number of aromatic hydroxyl groups is 2. The zero-order valence-corrected chi connectivity index (χ0v) is 36.4. The number of thiol groups is 1. The molecule has 0 aromatic heterocycles.